The third kappa shape index (κ3) is 38.0. The van der Waals surface area contributed by atoms with Crippen molar-refractivity contribution >= 4 is 27.6 Å². The highest BCUT2D eigenvalue weighted by atomic mass is 31.2. The Balaban J connectivity index is 2.40. The molecule has 0 amide bonds. The monoisotopic (exact) mass is 916 g/mol. The third-order valence-electron chi connectivity index (χ3n) is 9.48. The Kier molecular flexibility index (Phi) is 35.1. The molecule has 1 heterocycles. The average molecular weight is 917 g/mol. The van der Waals surface area contributed by atoms with Crippen LogP contribution in [0.5, 0.6) is 0 Å². The number of phosphoric ester groups is 2. The highest BCUT2D eigenvalue weighted by molar-refractivity contribution is 7.47. The Labute approximate surface area is 371 Å². The number of carbonyl (C=O) groups is 2. The third-order valence-corrected chi connectivity index (χ3v) is 10.9. The van der Waals surface area contributed by atoms with Gasteiger partial charge in [0.15, 0.2) is 6.10 Å². The van der Waals surface area contributed by atoms with Crippen LogP contribution in [0.2, 0.25) is 0 Å². The van der Waals surface area contributed by atoms with Gasteiger partial charge >= 0.3 is 27.6 Å². The van der Waals surface area contributed by atoms with Gasteiger partial charge in [0, 0.05) is 12.8 Å². The zero-order valence-electron chi connectivity index (χ0n) is 37.4. The lowest BCUT2D eigenvalue weighted by Crippen LogP contribution is -2.29. The lowest BCUT2D eigenvalue weighted by Gasteiger charge is -2.20. The zero-order valence-corrected chi connectivity index (χ0v) is 39.2. The van der Waals surface area contributed by atoms with E-state index in [-0.39, 0.29) is 12.8 Å². The van der Waals surface area contributed by atoms with E-state index in [9.17, 15) is 28.7 Å². The standard InChI is InChI=1S/C46H78O14P2/c1-3-5-7-8-9-10-11-12-13-14-15-16-17-21-24-27-31-35-45(48)55-39-42(40-58-62(53,54)57-38-41(47)37-56-61(50,51)52)59-46(49)36-32-28-25-22-19-18-20-23-26-30-34-44-43(60-44)33-29-6-4-2/h9-10,12-13,15-16,18,20,22,25-26,30,41-44,47H,3-8,11,14,17,19,21,23-24,27-29,31-40H2,1-2H3,(H,53,54)(H2,50,51,52)/b10-9-,13-12-,16-15-,20-18-,25-22-,30-26-/t41-,42+,43?,44?/m0/s1. The normalized spacial score (nSPS) is 17.9. The number of carbonyl (C=O) groups excluding carboxylic acids is 2. The quantitative estimate of drug-likeness (QED) is 0.0148. The van der Waals surface area contributed by atoms with Crippen molar-refractivity contribution in [3.05, 3.63) is 72.9 Å². The largest absolute Gasteiger partial charge is 0.472 e. The predicted octanol–water partition coefficient (Wildman–Crippen LogP) is 10.8. The van der Waals surface area contributed by atoms with Crippen LogP contribution < -0.4 is 0 Å². The van der Waals surface area contributed by atoms with Crippen molar-refractivity contribution in [2.75, 3.05) is 26.4 Å². The van der Waals surface area contributed by atoms with Crippen molar-refractivity contribution in [1.29, 1.82) is 0 Å². The van der Waals surface area contributed by atoms with E-state index >= 15 is 0 Å². The molecule has 0 aromatic rings. The van der Waals surface area contributed by atoms with Crippen LogP contribution in [0.1, 0.15) is 155 Å². The molecule has 0 aromatic carbocycles. The van der Waals surface area contributed by atoms with Gasteiger partial charge in [-0.25, -0.2) is 9.13 Å². The summed E-state index contributed by atoms with van der Waals surface area (Å²) in [7, 11) is -9.71. The summed E-state index contributed by atoms with van der Waals surface area (Å²) >= 11 is 0. The van der Waals surface area contributed by atoms with Crippen LogP contribution in [0.3, 0.4) is 0 Å². The van der Waals surface area contributed by atoms with Gasteiger partial charge in [-0.3, -0.25) is 23.2 Å². The molecule has 1 fully saturated rings. The molecule has 62 heavy (non-hydrogen) atoms. The first-order valence-corrected chi connectivity index (χ1v) is 25.8. The summed E-state index contributed by atoms with van der Waals surface area (Å²) in [5.74, 6) is -1.13. The summed E-state index contributed by atoms with van der Waals surface area (Å²) in [6, 6.07) is 0. The molecule has 0 aromatic heterocycles. The Hall–Kier alpha value is -2.48. The van der Waals surface area contributed by atoms with E-state index in [1.165, 1.54) is 38.5 Å². The van der Waals surface area contributed by atoms with E-state index in [1.54, 1.807) is 0 Å². The van der Waals surface area contributed by atoms with Gasteiger partial charge in [0.05, 0.1) is 32.0 Å². The lowest BCUT2D eigenvalue weighted by molar-refractivity contribution is -0.161. The molecule has 1 aliphatic heterocycles. The number of allylic oxidation sites excluding steroid dienone is 11. The van der Waals surface area contributed by atoms with Gasteiger partial charge in [-0.15, -0.1) is 0 Å². The number of aliphatic hydroxyl groups excluding tert-OH is 1. The predicted molar refractivity (Wildman–Crippen MR) is 243 cm³/mol. The minimum atomic E-state index is -4.88. The zero-order chi connectivity index (χ0) is 45.6. The van der Waals surface area contributed by atoms with Crippen LogP contribution in [0.15, 0.2) is 72.9 Å². The number of rotatable bonds is 41. The molecule has 0 aliphatic carbocycles. The second kappa shape index (κ2) is 37.9. The van der Waals surface area contributed by atoms with Gasteiger partial charge in [-0.1, -0.05) is 132 Å². The van der Waals surface area contributed by atoms with Crippen LogP contribution in [0.25, 0.3) is 0 Å². The lowest BCUT2D eigenvalue weighted by atomic mass is 10.1. The van der Waals surface area contributed by atoms with E-state index in [1.807, 2.05) is 12.2 Å². The first-order valence-electron chi connectivity index (χ1n) is 22.8. The van der Waals surface area contributed by atoms with Crippen molar-refractivity contribution in [2.24, 2.45) is 0 Å². The number of aliphatic hydroxyl groups is 1. The first-order chi connectivity index (χ1) is 29.8. The molecule has 1 aliphatic rings. The molecular formula is C46H78O14P2. The molecule has 16 heteroatoms. The topological polar surface area (TPSA) is 208 Å². The summed E-state index contributed by atoms with van der Waals surface area (Å²) in [5.41, 5.74) is 0. The molecule has 0 radical (unpaired) electrons. The fourth-order valence-electron chi connectivity index (χ4n) is 5.91. The molecule has 1 rings (SSSR count). The van der Waals surface area contributed by atoms with Crippen molar-refractivity contribution in [3.63, 3.8) is 0 Å². The summed E-state index contributed by atoms with van der Waals surface area (Å²) in [6.07, 6.45) is 43.6. The number of hydrogen-bond acceptors (Lipinski definition) is 11. The molecule has 0 saturated carbocycles. The second-order valence-corrected chi connectivity index (χ2v) is 18.0. The number of phosphoric acid groups is 2. The van der Waals surface area contributed by atoms with E-state index in [4.69, 9.17) is 28.5 Å². The van der Waals surface area contributed by atoms with Gasteiger partial charge in [-0.2, -0.15) is 0 Å². The number of ether oxygens (including phenoxy) is 3. The Morgan fingerprint density at radius 3 is 1.68 bits per heavy atom. The van der Waals surface area contributed by atoms with E-state index in [0.29, 0.717) is 31.5 Å². The number of unbranched alkanes of at least 4 members (excludes halogenated alkanes) is 10. The van der Waals surface area contributed by atoms with Gasteiger partial charge in [0.1, 0.15) is 12.7 Å². The van der Waals surface area contributed by atoms with Crippen molar-refractivity contribution < 1.29 is 66.3 Å². The van der Waals surface area contributed by atoms with E-state index < -0.39 is 66.2 Å². The van der Waals surface area contributed by atoms with E-state index in [2.05, 4.69) is 83.7 Å². The molecule has 4 N–H and O–H groups in total. The Morgan fingerprint density at radius 2 is 1.06 bits per heavy atom. The minimum Gasteiger partial charge on any atom is -0.462 e. The average Bonchev–Trinajstić information content (AvgIpc) is 3.99. The summed E-state index contributed by atoms with van der Waals surface area (Å²) < 4.78 is 53.5. The summed E-state index contributed by atoms with van der Waals surface area (Å²) in [5, 5.41) is 9.75. The van der Waals surface area contributed by atoms with Crippen molar-refractivity contribution in [3.8, 4) is 0 Å². The maximum absolute atomic E-state index is 12.7. The maximum Gasteiger partial charge on any atom is 0.472 e. The van der Waals surface area contributed by atoms with Crippen LogP contribution in [-0.4, -0.2) is 82.6 Å². The maximum atomic E-state index is 12.7. The highest BCUT2D eigenvalue weighted by Gasteiger charge is 2.36. The molecular weight excluding hydrogens is 838 g/mol. The van der Waals surface area contributed by atoms with Crippen LogP contribution in [0, 0.1) is 0 Å². The molecule has 0 spiro atoms. The smallest absolute Gasteiger partial charge is 0.462 e. The molecule has 3 unspecified atom stereocenters. The van der Waals surface area contributed by atoms with Crippen LogP contribution in [-0.2, 0) is 46.5 Å². The van der Waals surface area contributed by atoms with Gasteiger partial charge in [-0.05, 0) is 83.5 Å². The number of hydrogen-bond donors (Lipinski definition) is 4. The summed E-state index contributed by atoms with van der Waals surface area (Å²) in [6.45, 7) is 1.60. The fourth-order valence-corrected chi connectivity index (χ4v) is 7.07. The van der Waals surface area contributed by atoms with Crippen LogP contribution in [0.4, 0.5) is 0 Å². The Bertz CT molecular complexity index is 1440. The SMILES string of the molecule is CCCCC/C=C\C/C=C\C/C=C\CCCCCCC(=O)OC[C@H](COP(=O)(O)OC[C@@H](O)COP(=O)(O)O)OC(=O)CCC/C=C\C/C=C\C/C=C\CC1OC1CCCCC. The van der Waals surface area contributed by atoms with Gasteiger partial charge in [0.25, 0.3) is 0 Å². The van der Waals surface area contributed by atoms with E-state index in [0.717, 1.165) is 70.6 Å². The first kappa shape index (κ1) is 57.5. The van der Waals surface area contributed by atoms with Gasteiger partial charge < -0.3 is 34.0 Å². The highest BCUT2D eigenvalue weighted by Crippen LogP contribution is 2.44. The van der Waals surface area contributed by atoms with Crippen LogP contribution >= 0.6 is 15.6 Å². The fraction of sp³-hybridized carbons (Fsp3) is 0.696. The minimum absolute atomic E-state index is 0.0430. The molecule has 356 valence electrons. The summed E-state index contributed by atoms with van der Waals surface area (Å²) in [4.78, 5) is 52.7. The van der Waals surface area contributed by atoms with Gasteiger partial charge in [0.2, 0.25) is 0 Å². The Morgan fingerprint density at radius 1 is 0.565 bits per heavy atom. The molecule has 0 bridgehead atoms. The van der Waals surface area contributed by atoms with Crippen molar-refractivity contribution in [2.45, 2.75) is 180 Å². The molecule has 5 atom stereocenters. The van der Waals surface area contributed by atoms with Crippen molar-refractivity contribution in [1.82, 2.24) is 0 Å². The number of esters is 2. The molecule has 14 nitrogen and oxygen atoms in total. The second-order valence-electron chi connectivity index (χ2n) is 15.4. The molecule has 1 saturated heterocycles. The number of epoxide rings is 1.